The second kappa shape index (κ2) is 8.40. The van der Waals surface area contributed by atoms with Crippen LogP contribution in [0.15, 0.2) is 24.3 Å². The van der Waals surface area contributed by atoms with Gasteiger partial charge in [-0.3, -0.25) is 4.79 Å². The highest BCUT2D eigenvalue weighted by atomic mass is 16.5. The molecule has 0 bridgehead atoms. The standard InChI is InChI=1S/C17H24N2O3/c1-13(22-15-7-5-14(11-18)6-8-15)16(21)19-10-4-9-17(2,3)12-20/h5-8,13,20H,4,9-10,12H2,1-3H3,(H,19,21). The van der Waals surface area contributed by atoms with Crippen molar-refractivity contribution in [2.45, 2.75) is 39.7 Å². The van der Waals surface area contributed by atoms with E-state index >= 15 is 0 Å². The number of nitriles is 1. The molecule has 0 saturated heterocycles. The van der Waals surface area contributed by atoms with E-state index in [0.717, 1.165) is 12.8 Å². The smallest absolute Gasteiger partial charge is 0.260 e. The fraction of sp³-hybridized carbons (Fsp3) is 0.529. The van der Waals surface area contributed by atoms with Crippen molar-refractivity contribution < 1.29 is 14.6 Å². The molecule has 1 atom stereocenters. The predicted octanol–water partition coefficient (Wildman–Crippen LogP) is 2.24. The van der Waals surface area contributed by atoms with E-state index in [1.54, 1.807) is 31.2 Å². The first-order valence-corrected chi connectivity index (χ1v) is 7.43. The Morgan fingerprint density at radius 2 is 2.05 bits per heavy atom. The molecule has 0 spiro atoms. The highest BCUT2D eigenvalue weighted by molar-refractivity contribution is 5.80. The molecule has 120 valence electrons. The number of nitrogens with one attached hydrogen (secondary N) is 1. The Kier molecular flexibility index (Phi) is 6.87. The summed E-state index contributed by atoms with van der Waals surface area (Å²) in [7, 11) is 0. The van der Waals surface area contributed by atoms with E-state index in [4.69, 9.17) is 15.1 Å². The van der Waals surface area contributed by atoms with Gasteiger partial charge in [0, 0.05) is 13.2 Å². The van der Waals surface area contributed by atoms with Crippen molar-refractivity contribution in [3.8, 4) is 11.8 Å². The lowest BCUT2D eigenvalue weighted by molar-refractivity contribution is -0.127. The van der Waals surface area contributed by atoms with Gasteiger partial charge in [0.1, 0.15) is 5.75 Å². The van der Waals surface area contributed by atoms with Gasteiger partial charge < -0.3 is 15.2 Å². The van der Waals surface area contributed by atoms with Crippen LogP contribution in [0.4, 0.5) is 0 Å². The van der Waals surface area contributed by atoms with E-state index in [9.17, 15) is 4.79 Å². The number of carbonyl (C=O) groups is 1. The Hall–Kier alpha value is -2.06. The van der Waals surface area contributed by atoms with Crippen molar-refractivity contribution in [1.82, 2.24) is 5.32 Å². The monoisotopic (exact) mass is 304 g/mol. The van der Waals surface area contributed by atoms with Crippen molar-refractivity contribution in [2.75, 3.05) is 13.2 Å². The maximum atomic E-state index is 11.9. The number of ether oxygens (including phenoxy) is 1. The van der Waals surface area contributed by atoms with Crippen LogP contribution in [0.5, 0.6) is 5.75 Å². The lowest BCUT2D eigenvalue weighted by atomic mass is 9.89. The van der Waals surface area contributed by atoms with Crippen LogP contribution in [0.25, 0.3) is 0 Å². The lowest BCUT2D eigenvalue weighted by Crippen LogP contribution is -2.37. The van der Waals surface area contributed by atoms with Gasteiger partial charge in [-0.25, -0.2) is 0 Å². The third-order valence-electron chi connectivity index (χ3n) is 3.42. The molecule has 1 aromatic carbocycles. The second-order valence-corrected chi connectivity index (χ2v) is 6.11. The zero-order valence-electron chi connectivity index (χ0n) is 13.4. The minimum absolute atomic E-state index is 0.116. The first-order valence-electron chi connectivity index (χ1n) is 7.43. The third-order valence-corrected chi connectivity index (χ3v) is 3.42. The van der Waals surface area contributed by atoms with Crippen molar-refractivity contribution in [3.63, 3.8) is 0 Å². The summed E-state index contributed by atoms with van der Waals surface area (Å²) in [6.45, 7) is 6.37. The maximum absolute atomic E-state index is 11.9. The molecule has 22 heavy (non-hydrogen) atoms. The van der Waals surface area contributed by atoms with E-state index in [1.807, 2.05) is 19.9 Å². The number of amides is 1. The Morgan fingerprint density at radius 3 is 2.59 bits per heavy atom. The van der Waals surface area contributed by atoms with Crippen LogP contribution in [0.1, 0.15) is 39.2 Å². The molecule has 5 heteroatoms. The van der Waals surface area contributed by atoms with Gasteiger partial charge in [-0.1, -0.05) is 13.8 Å². The molecular weight excluding hydrogens is 280 g/mol. The minimum atomic E-state index is -0.598. The topological polar surface area (TPSA) is 82.3 Å². The molecule has 0 aliphatic carbocycles. The highest BCUT2D eigenvalue weighted by Crippen LogP contribution is 2.20. The van der Waals surface area contributed by atoms with Crippen LogP contribution in [0, 0.1) is 16.7 Å². The van der Waals surface area contributed by atoms with Crippen LogP contribution < -0.4 is 10.1 Å². The molecular formula is C17H24N2O3. The third kappa shape index (κ3) is 6.15. The number of hydrogen-bond donors (Lipinski definition) is 2. The Bertz CT molecular complexity index is 518. The number of benzene rings is 1. The molecule has 1 rings (SSSR count). The van der Waals surface area contributed by atoms with E-state index in [-0.39, 0.29) is 17.9 Å². The van der Waals surface area contributed by atoms with E-state index in [0.29, 0.717) is 17.9 Å². The van der Waals surface area contributed by atoms with Gasteiger partial charge in [0.25, 0.3) is 5.91 Å². The normalized spacial score (nSPS) is 12.3. The summed E-state index contributed by atoms with van der Waals surface area (Å²) < 4.78 is 5.53. The van der Waals surface area contributed by atoms with Crippen molar-refractivity contribution in [2.24, 2.45) is 5.41 Å². The fourth-order valence-electron chi connectivity index (χ4n) is 1.87. The summed E-state index contributed by atoms with van der Waals surface area (Å²) in [6, 6.07) is 8.67. The molecule has 0 aromatic heterocycles. The second-order valence-electron chi connectivity index (χ2n) is 6.11. The Morgan fingerprint density at radius 1 is 1.41 bits per heavy atom. The SMILES string of the molecule is CC(Oc1ccc(C#N)cc1)C(=O)NCCCC(C)(C)CO. The number of hydrogen-bond acceptors (Lipinski definition) is 4. The Labute approximate surface area is 131 Å². The van der Waals surface area contributed by atoms with E-state index in [1.165, 1.54) is 0 Å². The molecule has 0 fully saturated rings. The molecule has 0 heterocycles. The Balaban J connectivity index is 2.34. The van der Waals surface area contributed by atoms with E-state index in [2.05, 4.69) is 5.32 Å². The fourth-order valence-corrected chi connectivity index (χ4v) is 1.87. The maximum Gasteiger partial charge on any atom is 0.260 e. The molecule has 0 aliphatic heterocycles. The summed E-state index contributed by atoms with van der Waals surface area (Å²) in [4.78, 5) is 11.9. The van der Waals surface area contributed by atoms with Crippen molar-refractivity contribution >= 4 is 5.91 Å². The molecule has 5 nitrogen and oxygen atoms in total. The van der Waals surface area contributed by atoms with Gasteiger partial charge in [-0.2, -0.15) is 5.26 Å². The first-order chi connectivity index (χ1) is 10.4. The predicted molar refractivity (Wildman–Crippen MR) is 84.4 cm³/mol. The number of aliphatic hydroxyl groups excluding tert-OH is 1. The largest absolute Gasteiger partial charge is 0.481 e. The van der Waals surface area contributed by atoms with E-state index < -0.39 is 6.10 Å². The zero-order chi connectivity index (χ0) is 16.6. The molecule has 1 amide bonds. The van der Waals surface area contributed by atoms with Crippen LogP contribution in [0.3, 0.4) is 0 Å². The van der Waals surface area contributed by atoms with Crippen molar-refractivity contribution in [3.05, 3.63) is 29.8 Å². The van der Waals surface area contributed by atoms with Gasteiger partial charge in [0.05, 0.1) is 11.6 Å². The van der Waals surface area contributed by atoms with Crippen LogP contribution in [-0.4, -0.2) is 30.3 Å². The molecule has 1 unspecified atom stereocenters. The highest BCUT2D eigenvalue weighted by Gasteiger charge is 2.17. The lowest BCUT2D eigenvalue weighted by Gasteiger charge is -2.21. The number of nitrogens with zero attached hydrogens (tertiary/aromatic N) is 1. The summed E-state index contributed by atoms with van der Waals surface area (Å²) in [5.74, 6) is 0.384. The minimum Gasteiger partial charge on any atom is -0.481 e. The molecule has 0 aliphatic rings. The van der Waals surface area contributed by atoms with Gasteiger partial charge >= 0.3 is 0 Å². The summed E-state index contributed by atoms with van der Waals surface area (Å²) in [5.41, 5.74) is 0.436. The number of aliphatic hydroxyl groups is 1. The van der Waals surface area contributed by atoms with Gasteiger partial charge in [-0.05, 0) is 49.4 Å². The number of rotatable bonds is 8. The molecule has 2 N–H and O–H groups in total. The number of carbonyl (C=O) groups excluding carboxylic acids is 1. The quantitative estimate of drug-likeness (QED) is 0.722. The molecule has 0 saturated carbocycles. The molecule has 1 aromatic rings. The van der Waals surface area contributed by atoms with Crippen molar-refractivity contribution in [1.29, 1.82) is 5.26 Å². The summed E-state index contributed by atoms with van der Waals surface area (Å²) in [6.07, 6.45) is 1.05. The zero-order valence-corrected chi connectivity index (χ0v) is 13.4. The van der Waals surface area contributed by atoms with Gasteiger partial charge in [0.15, 0.2) is 6.10 Å². The van der Waals surface area contributed by atoms with Gasteiger partial charge in [0.2, 0.25) is 0 Å². The summed E-state index contributed by atoms with van der Waals surface area (Å²) in [5, 5.41) is 20.7. The average molecular weight is 304 g/mol. The summed E-state index contributed by atoms with van der Waals surface area (Å²) >= 11 is 0. The average Bonchev–Trinajstić information content (AvgIpc) is 2.52. The van der Waals surface area contributed by atoms with Gasteiger partial charge in [-0.15, -0.1) is 0 Å². The van der Waals surface area contributed by atoms with Crippen LogP contribution in [-0.2, 0) is 4.79 Å². The molecule has 0 radical (unpaired) electrons. The first kappa shape index (κ1) is 18.0. The van der Waals surface area contributed by atoms with Crippen LogP contribution in [0.2, 0.25) is 0 Å². The van der Waals surface area contributed by atoms with Crippen LogP contribution >= 0.6 is 0 Å².